The van der Waals surface area contributed by atoms with Gasteiger partial charge in [-0.15, -0.1) is 0 Å². The van der Waals surface area contributed by atoms with E-state index in [0.717, 1.165) is 12.8 Å². The molecule has 1 saturated carbocycles. The zero-order valence-electron chi connectivity index (χ0n) is 16.1. The molecule has 1 saturated heterocycles. The number of methoxy groups -OCH3 is 1. The van der Waals surface area contributed by atoms with E-state index in [1.165, 1.54) is 29.6 Å². The van der Waals surface area contributed by atoms with Crippen LogP contribution < -0.4 is 10.1 Å². The van der Waals surface area contributed by atoms with Gasteiger partial charge in [0.05, 0.1) is 7.11 Å². The average molecular weight is 418 g/mol. The van der Waals surface area contributed by atoms with E-state index in [4.69, 9.17) is 4.74 Å². The van der Waals surface area contributed by atoms with Crippen LogP contribution in [-0.4, -0.2) is 38.8 Å². The van der Waals surface area contributed by atoms with Gasteiger partial charge in [0.1, 0.15) is 16.5 Å². The second-order valence-corrected chi connectivity index (χ2v) is 9.34. The van der Waals surface area contributed by atoms with Gasteiger partial charge in [0.2, 0.25) is 15.9 Å². The van der Waals surface area contributed by atoms with Gasteiger partial charge in [-0.25, -0.2) is 12.8 Å². The predicted octanol–water partition coefficient (Wildman–Crippen LogP) is 3.36. The second kappa shape index (κ2) is 7.76. The Kier molecular flexibility index (Phi) is 5.31. The van der Waals surface area contributed by atoms with Gasteiger partial charge < -0.3 is 10.1 Å². The Labute approximate surface area is 169 Å². The minimum atomic E-state index is -3.63. The summed E-state index contributed by atoms with van der Waals surface area (Å²) < 4.78 is 46.3. The third-order valence-electron chi connectivity index (χ3n) is 5.55. The standard InChI is InChI=1S/C21H23FN2O4S/c1-28-19-12-14(8-9-20(19)29(26,27)24-10-4-5-11-24)23-21(25)17-13-16(17)15-6-2-3-7-18(15)22/h2-3,6-9,12,16-17H,4-5,10-11,13H2,1H3,(H,23,25). The van der Waals surface area contributed by atoms with Gasteiger partial charge in [0.25, 0.3) is 0 Å². The first-order chi connectivity index (χ1) is 13.9. The Balaban J connectivity index is 1.49. The number of amides is 1. The molecule has 1 aliphatic carbocycles. The monoisotopic (exact) mass is 418 g/mol. The fourth-order valence-electron chi connectivity index (χ4n) is 3.87. The highest BCUT2D eigenvalue weighted by molar-refractivity contribution is 7.89. The van der Waals surface area contributed by atoms with Crippen LogP contribution in [0.3, 0.4) is 0 Å². The SMILES string of the molecule is COc1cc(NC(=O)C2CC2c2ccccc2F)ccc1S(=O)(=O)N1CCCC1. The first kappa shape index (κ1) is 19.8. The number of benzene rings is 2. The molecule has 2 aliphatic rings. The van der Waals surface area contributed by atoms with Crippen LogP contribution in [0.15, 0.2) is 47.4 Å². The van der Waals surface area contributed by atoms with E-state index < -0.39 is 10.0 Å². The number of carbonyl (C=O) groups is 1. The summed E-state index contributed by atoms with van der Waals surface area (Å²) in [5.74, 6) is -0.753. The van der Waals surface area contributed by atoms with Gasteiger partial charge in [-0.2, -0.15) is 4.31 Å². The van der Waals surface area contributed by atoms with Crippen LogP contribution in [0, 0.1) is 11.7 Å². The molecule has 1 heterocycles. The molecule has 6 nitrogen and oxygen atoms in total. The quantitative estimate of drug-likeness (QED) is 0.781. The molecule has 2 aromatic rings. The van der Waals surface area contributed by atoms with Crippen molar-refractivity contribution < 1.29 is 22.3 Å². The number of nitrogens with one attached hydrogen (secondary N) is 1. The number of halogens is 1. The fraction of sp³-hybridized carbons (Fsp3) is 0.381. The molecule has 4 rings (SSSR count). The van der Waals surface area contributed by atoms with Crippen molar-refractivity contribution in [2.45, 2.75) is 30.1 Å². The summed E-state index contributed by atoms with van der Waals surface area (Å²) in [5.41, 5.74) is 1.00. The third kappa shape index (κ3) is 3.86. The van der Waals surface area contributed by atoms with E-state index in [-0.39, 0.29) is 34.2 Å². The van der Waals surface area contributed by atoms with Crippen LogP contribution in [0.5, 0.6) is 5.75 Å². The van der Waals surface area contributed by atoms with Gasteiger partial charge >= 0.3 is 0 Å². The normalized spacial score (nSPS) is 21.7. The molecule has 0 aromatic heterocycles. The van der Waals surface area contributed by atoms with Gasteiger partial charge in [-0.1, -0.05) is 18.2 Å². The average Bonchev–Trinajstić information content (AvgIpc) is 3.30. The van der Waals surface area contributed by atoms with E-state index in [1.54, 1.807) is 24.3 Å². The second-order valence-electron chi connectivity index (χ2n) is 7.44. The highest BCUT2D eigenvalue weighted by Gasteiger charge is 2.45. The Morgan fingerprint density at radius 1 is 1.17 bits per heavy atom. The first-order valence-electron chi connectivity index (χ1n) is 9.65. The van der Waals surface area contributed by atoms with Crippen molar-refractivity contribution >= 4 is 21.6 Å². The van der Waals surface area contributed by atoms with E-state index in [1.807, 2.05) is 0 Å². The highest BCUT2D eigenvalue weighted by atomic mass is 32.2. The van der Waals surface area contributed by atoms with Crippen LogP contribution in [0.2, 0.25) is 0 Å². The Morgan fingerprint density at radius 3 is 2.59 bits per heavy atom. The molecule has 2 atom stereocenters. The molecule has 1 amide bonds. The lowest BCUT2D eigenvalue weighted by Gasteiger charge is -2.18. The summed E-state index contributed by atoms with van der Waals surface area (Å²) in [7, 11) is -2.22. The van der Waals surface area contributed by atoms with Gasteiger partial charge in [-0.05, 0) is 48.9 Å². The van der Waals surface area contributed by atoms with E-state index >= 15 is 0 Å². The first-order valence-corrected chi connectivity index (χ1v) is 11.1. The molecule has 0 spiro atoms. The minimum Gasteiger partial charge on any atom is -0.495 e. The third-order valence-corrected chi connectivity index (χ3v) is 7.48. The molecular weight excluding hydrogens is 395 g/mol. The lowest BCUT2D eigenvalue weighted by atomic mass is 10.1. The molecule has 29 heavy (non-hydrogen) atoms. The number of sulfonamides is 1. The Morgan fingerprint density at radius 2 is 1.90 bits per heavy atom. The fourth-order valence-corrected chi connectivity index (χ4v) is 5.52. The Bertz CT molecular complexity index is 1030. The van der Waals surface area contributed by atoms with E-state index in [9.17, 15) is 17.6 Å². The van der Waals surface area contributed by atoms with Gasteiger partial charge in [0.15, 0.2) is 0 Å². The topological polar surface area (TPSA) is 75.7 Å². The number of carbonyl (C=O) groups excluding carboxylic acids is 1. The largest absolute Gasteiger partial charge is 0.495 e. The van der Waals surface area contributed by atoms with E-state index in [0.29, 0.717) is 30.8 Å². The summed E-state index contributed by atoms with van der Waals surface area (Å²) in [6.45, 7) is 1.01. The van der Waals surface area contributed by atoms with Crippen molar-refractivity contribution in [3.8, 4) is 5.75 Å². The molecule has 1 N–H and O–H groups in total. The minimum absolute atomic E-state index is 0.0931. The number of ether oxygens (including phenoxy) is 1. The van der Waals surface area contributed by atoms with Crippen molar-refractivity contribution in [3.05, 3.63) is 53.8 Å². The zero-order valence-corrected chi connectivity index (χ0v) is 16.9. The summed E-state index contributed by atoms with van der Waals surface area (Å²) in [5, 5.41) is 2.80. The lowest BCUT2D eigenvalue weighted by molar-refractivity contribution is -0.117. The molecule has 154 valence electrons. The molecule has 2 aromatic carbocycles. The van der Waals surface area contributed by atoms with Crippen molar-refractivity contribution in [1.82, 2.24) is 4.31 Å². The van der Waals surface area contributed by atoms with Crippen LogP contribution in [0.4, 0.5) is 10.1 Å². The summed E-state index contributed by atoms with van der Waals surface area (Å²) in [4.78, 5) is 12.7. The number of rotatable bonds is 6. The van der Waals surface area contributed by atoms with Crippen LogP contribution >= 0.6 is 0 Å². The van der Waals surface area contributed by atoms with Gasteiger partial charge in [0, 0.05) is 30.8 Å². The highest BCUT2D eigenvalue weighted by Crippen LogP contribution is 2.48. The zero-order chi connectivity index (χ0) is 20.6. The number of nitrogens with zero attached hydrogens (tertiary/aromatic N) is 1. The molecular formula is C21H23FN2O4S. The number of hydrogen-bond acceptors (Lipinski definition) is 4. The summed E-state index contributed by atoms with van der Waals surface area (Å²) in [6.07, 6.45) is 2.28. The molecule has 1 aliphatic heterocycles. The molecule has 8 heteroatoms. The van der Waals surface area contributed by atoms with Crippen molar-refractivity contribution in [2.75, 3.05) is 25.5 Å². The number of anilines is 1. The van der Waals surface area contributed by atoms with E-state index in [2.05, 4.69) is 5.32 Å². The maximum Gasteiger partial charge on any atom is 0.246 e. The summed E-state index contributed by atoms with van der Waals surface area (Å²) in [6, 6.07) is 11.0. The maximum atomic E-state index is 13.9. The number of hydrogen-bond donors (Lipinski definition) is 1. The molecule has 0 bridgehead atoms. The van der Waals surface area contributed by atoms with Crippen LogP contribution in [0.1, 0.15) is 30.7 Å². The van der Waals surface area contributed by atoms with Gasteiger partial charge in [-0.3, -0.25) is 4.79 Å². The predicted molar refractivity (Wildman–Crippen MR) is 107 cm³/mol. The van der Waals surface area contributed by atoms with Crippen molar-refractivity contribution in [1.29, 1.82) is 0 Å². The van der Waals surface area contributed by atoms with Crippen molar-refractivity contribution in [2.24, 2.45) is 5.92 Å². The van der Waals surface area contributed by atoms with Crippen LogP contribution in [0.25, 0.3) is 0 Å². The Hall–Kier alpha value is -2.45. The smallest absolute Gasteiger partial charge is 0.246 e. The molecule has 2 unspecified atom stereocenters. The maximum absolute atomic E-state index is 13.9. The molecule has 2 fully saturated rings. The molecule has 0 radical (unpaired) electrons. The lowest BCUT2D eigenvalue weighted by Crippen LogP contribution is -2.28. The van der Waals surface area contributed by atoms with Crippen molar-refractivity contribution in [3.63, 3.8) is 0 Å². The van der Waals surface area contributed by atoms with Crippen LogP contribution in [-0.2, 0) is 14.8 Å². The summed E-state index contributed by atoms with van der Waals surface area (Å²) >= 11 is 0.